The summed E-state index contributed by atoms with van der Waals surface area (Å²) in [6.07, 6.45) is 0. The van der Waals surface area contributed by atoms with Gasteiger partial charge in [0, 0.05) is 5.56 Å². The number of hydrogen-bond donors (Lipinski definition) is 1. The van der Waals surface area contributed by atoms with E-state index in [4.69, 9.17) is 4.84 Å². The molecule has 20 heavy (non-hydrogen) atoms. The Bertz CT molecular complexity index is 633. The summed E-state index contributed by atoms with van der Waals surface area (Å²) in [6.45, 7) is 6.21. The molecule has 1 N–H and O–H groups in total. The van der Waals surface area contributed by atoms with Gasteiger partial charge >= 0.3 is 0 Å². The van der Waals surface area contributed by atoms with E-state index in [2.05, 4.69) is 11.2 Å². The average molecular weight is 269 g/mol. The summed E-state index contributed by atoms with van der Waals surface area (Å²) in [5, 5.41) is 13.8. The maximum atomic E-state index is 9.69. The molecule has 0 radical (unpaired) electrons. The highest BCUT2D eigenvalue weighted by Crippen LogP contribution is 2.18. The predicted octanol–water partition coefficient (Wildman–Crippen LogP) is 3.95. The Morgan fingerprint density at radius 3 is 2.65 bits per heavy atom. The zero-order valence-electron chi connectivity index (χ0n) is 12.1. The molecule has 0 saturated heterocycles. The molecular weight excluding hydrogens is 250 g/mol. The van der Waals surface area contributed by atoms with Gasteiger partial charge < -0.3 is 9.94 Å². The summed E-state index contributed by atoms with van der Waals surface area (Å²) in [6, 6.07) is 13.6. The molecule has 3 heteroatoms. The number of phenolic OH excluding ortho intramolecular Hbond substituents is 1. The number of nitrogens with zero attached hydrogens (tertiary/aromatic N) is 1. The predicted molar refractivity (Wildman–Crippen MR) is 81.0 cm³/mol. The highest BCUT2D eigenvalue weighted by atomic mass is 16.6. The summed E-state index contributed by atoms with van der Waals surface area (Å²) in [5.74, 6) is 0.274. The molecule has 0 saturated carbocycles. The van der Waals surface area contributed by atoms with Crippen LogP contribution in [0.3, 0.4) is 0 Å². The van der Waals surface area contributed by atoms with Crippen LogP contribution in [-0.2, 0) is 11.4 Å². The first kappa shape index (κ1) is 14.1. The molecule has 0 bridgehead atoms. The van der Waals surface area contributed by atoms with Crippen LogP contribution in [0.15, 0.2) is 47.6 Å². The number of rotatable bonds is 4. The molecule has 0 aromatic heterocycles. The van der Waals surface area contributed by atoms with Crippen LogP contribution in [0, 0.1) is 13.8 Å². The lowest BCUT2D eigenvalue weighted by molar-refractivity contribution is 0.130. The Morgan fingerprint density at radius 2 is 1.95 bits per heavy atom. The lowest BCUT2D eigenvalue weighted by Crippen LogP contribution is -1.97. The van der Waals surface area contributed by atoms with Crippen molar-refractivity contribution in [2.45, 2.75) is 27.4 Å². The van der Waals surface area contributed by atoms with Gasteiger partial charge in [-0.3, -0.25) is 0 Å². The van der Waals surface area contributed by atoms with Gasteiger partial charge in [0.1, 0.15) is 12.4 Å². The first-order valence-electron chi connectivity index (χ1n) is 6.58. The first-order valence-corrected chi connectivity index (χ1v) is 6.58. The number of hydrogen-bond acceptors (Lipinski definition) is 3. The third kappa shape index (κ3) is 3.60. The topological polar surface area (TPSA) is 41.8 Å². The SMILES string of the molecule is C/C(=N\OCc1cccc(C)c1)c1ccc(C)c(O)c1. The standard InChI is InChI=1S/C17H19NO2/c1-12-5-4-6-15(9-12)11-20-18-14(3)16-8-7-13(2)17(19)10-16/h4-10,19H,11H2,1-3H3/b18-14+. The van der Waals surface area contributed by atoms with E-state index in [0.717, 1.165) is 22.4 Å². The van der Waals surface area contributed by atoms with E-state index in [1.165, 1.54) is 5.56 Å². The van der Waals surface area contributed by atoms with Gasteiger partial charge in [0.2, 0.25) is 0 Å². The summed E-state index contributed by atoms with van der Waals surface area (Å²) >= 11 is 0. The quantitative estimate of drug-likeness (QED) is 0.674. The third-order valence-electron chi connectivity index (χ3n) is 3.14. The molecule has 0 aliphatic carbocycles. The Morgan fingerprint density at radius 1 is 1.15 bits per heavy atom. The normalized spacial score (nSPS) is 11.4. The summed E-state index contributed by atoms with van der Waals surface area (Å²) in [4.78, 5) is 5.37. The largest absolute Gasteiger partial charge is 0.508 e. The summed E-state index contributed by atoms with van der Waals surface area (Å²) in [5.41, 5.74) is 4.75. The fourth-order valence-electron chi connectivity index (χ4n) is 1.89. The lowest BCUT2D eigenvalue weighted by atomic mass is 10.1. The number of oxime groups is 1. The van der Waals surface area contributed by atoms with Crippen LogP contribution in [0.1, 0.15) is 29.2 Å². The van der Waals surface area contributed by atoms with Crippen molar-refractivity contribution in [1.82, 2.24) is 0 Å². The molecule has 0 spiro atoms. The molecule has 2 aromatic carbocycles. The smallest absolute Gasteiger partial charge is 0.142 e. The molecule has 0 atom stereocenters. The first-order chi connectivity index (χ1) is 9.56. The Labute approximate surface area is 119 Å². The molecule has 0 unspecified atom stereocenters. The number of benzene rings is 2. The molecule has 3 nitrogen and oxygen atoms in total. The molecule has 0 heterocycles. The molecule has 104 valence electrons. The monoisotopic (exact) mass is 269 g/mol. The minimum atomic E-state index is 0.274. The van der Waals surface area contributed by atoms with Crippen molar-refractivity contribution in [2.75, 3.05) is 0 Å². The van der Waals surface area contributed by atoms with E-state index in [-0.39, 0.29) is 5.75 Å². The molecule has 2 aromatic rings. The van der Waals surface area contributed by atoms with E-state index in [9.17, 15) is 5.11 Å². The Balaban J connectivity index is 2.02. The third-order valence-corrected chi connectivity index (χ3v) is 3.14. The van der Waals surface area contributed by atoms with Crippen molar-refractivity contribution in [3.05, 3.63) is 64.7 Å². The van der Waals surface area contributed by atoms with Crippen LogP contribution in [0.5, 0.6) is 5.75 Å². The van der Waals surface area contributed by atoms with Gasteiger partial charge in [-0.2, -0.15) is 0 Å². The van der Waals surface area contributed by atoms with Crippen molar-refractivity contribution < 1.29 is 9.94 Å². The van der Waals surface area contributed by atoms with Gasteiger partial charge in [-0.05, 0) is 38.0 Å². The summed E-state index contributed by atoms with van der Waals surface area (Å²) < 4.78 is 0. The van der Waals surface area contributed by atoms with Gasteiger partial charge in [-0.1, -0.05) is 47.1 Å². The Kier molecular flexibility index (Phi) is 4.41. The van der Waals surface area contributed by atoms with Gasteiger partial charge in [-0.25, -0.2) is 0 Å². The van der Waals surface area contributed by atoms with E-state index in [0.29, 0.717) is 6.61 Å². The van der Waals surface area contributed by atoms with Crippen molar-refractivity contribution >= 4 is 5.71 Å². The highest BCUT2D eigenvalue weighted by Gasteiger charge is 2.02. The van der Waals surface area contributed by atoms with Crippen LogP contribution in [0.4, 0.5) is 0 Å². The molecule has 0 fully saturated rings. The van der Waals surface area contributed by atoms with Crippen LogP contribution in [0.25, 0.3) is 0 Å². The van der Waals surface area contributed by atoms with Crippen LogP contribution >= 0.6 is 0 Å². The molecule has 0 amide bonds. The van der Waals surface area contributed by atoms with Gasteiger partial charge in [0.05, 0.1) is 5.71 Å². The highest BCUT2D eigenvalue weighted by molar-refractivity contribution is 5.98. The van der Waals surface area contributed by atoms with Crippen LogP contribution in [-0.4, -0.2) is 10.8 Å². The van der Waals surface area contributed by atoms with Gasteiger partial charge in [0.15, 0.2) is 0 Å². The van der Waals surface area contributed by atoms with E-state index in [1.807, 2.05) is 51.1 Å². The van der Waals surface area contributed by atoms with Crippen molar-refractivity contribution in [3.63, 3.8) is 0 Å². The maximum absolute atomic E-state index is 9.69. The zero-order valence-corrected chi connectivity index (χ0v) is 12.1. The molecule has 0 aliphatic rings. The second-order valence-electron chi connectivity index (χ2n) is 4.94. The molecule has 2 rings (SSSR count). The van der Waals surface area contributed by atoms with Crippen molar-refractivity contribution in [1.29, 1.82) is 0 Å². The second-order valence-corrected chi connectivity index (χ2v) is 4.94. The van der Waals surface area contributed by atoms with Crippen molar-refractivity contribution in [2.24, 2.45) is 5.16 Å². The van der Waals surface area contributed by atoms with Gasteiger partial charge in [0.25, 0.3) is 0 Å². The molecular formula is C17H19NO2. The van der Waals surface area contributed by atoms with Crippen molar-refractivity contribution in [3.8, 4) is 5.75 Å². The second kappa shape index (κ2) is 6.24. The number of aryl methyl sites for hydroxylation is 2. The number of aromatic hydroxyl groups is 1. The minimum absolute atomic E-state index is 0.274. The Hall–Kier alpha value is -2.29. The van der Waals surface area contributed by atoms with Crippen LogP contribution < -0.4 is 0 Å². The fraction of sp³-hybridized carbons (Fsp3) is 0.235. The van der Waals surface area contributed by atoms with E-state index >= 15 is 0 Å². The fourth-order valence-corrected chi connectivity index (χ4v) is 1.89. The van der Waals surface area contributed by atoms with E-state index < -0.39 is 0 Å². The maximum Gasteiger partial charge on any atom is 0.142 e. The lowest BCUT2D eigenvalue weighted by Gasteiger charge is -2.05. The van der Waals surface area contributed by atoms with E-state index in [1.54, 1.807) is 6.07 Å². The minimum Gasteiger partial charge on any atom is -0.508 e. The average Bonchev–Trinajstić information content (AvgIpc) is 2.42. The molecule has 0 aliphatic heterocycles. The van der Waals surface area contributed by atoms with Gasteiger partial charge in [-0.15, -0.1) is 0 Å². The van der Waals surface area contributed by atoms with Crippen LogP contribution in [0.2, 0.25) is 0 Å². The number of phenols is 1. The summed E-state index contributed by atoms with van der Waals surface area (Å²) in [7, 11) is 0. The zero-order chi connectivity index (χ0) is 14.5.